The highest BCUT2D eigenvalue weighted by atomic mass is 79.9. The highest BCUT2D eigenvalue weighted by Gasteiger charge is 2.44. The van der Waals surface area contributed by atoms with Crippen molar-refractivity contribution in [3.05, 3.63) is 53.7 Å². The van der Waals surface area contributed by atoms with Gasteiger partial charge in [-0.2, -0.15) is 0 Å². The number of oxazole rings is 1. The summed E-state index contributed by atoms with van der Waals surface area (Å²) in [5.74, 6) is 1.43. The molecule has 1 aromatic heterocycles. The van der Waals surface area contributed by atoms with Gasteiger partial charge in [-0.25, -0.2) is 4.98 Å². The van der Waals surface area contributed by atoms with Gasteiger partial charge in [0.1, 0.15) is 6.54 Å². The minimum Gasteiger partial charge on any atom is -1.00 e. The first kappa shape index (κ1) is 20.1. The number of quaternary nitrogens is 1. The largest absolute Gasteiger partial charge is 1.00 e. The molecule has 138 valence electrons. The Morgan fingerprint density at radius 3 is 2.36 bits per heavy atom. The van der Waals surface area contributed by atoms with E-state index in [1.165, 1.54) is 6.42 Å². The molecule has 1 atom stereocenters. The zero-order valence-electron chi connectivity index (χ0n) is 15.4. The molecule has 1 fully saturated rings. The van der Waals surface area contributed by atoms with Crippen molar-refractivity contribution < 1.29 is 31.0 Å². The average molecular weight is 409 g/mol. The van der Waals surface area contributed by atoms with Crippen LogP contribution in [0.3, 0.4) is 0 Å². The number of aliphatic hydroxyl groups is 1. The van der Waals surface area contributed by atoms with Gasteiger partial charge in [-0.1, -0.05) is 49.6 Å². The van der Waals surface area contributed by atoms with Gasteiger partial charge in [-0.15, -0.1) is 0 Å². The summed E-state index contributed by atoms with van der Waals surface area (Å²) in [6.07, 6.45) is 7.37. The van der Waals surface area contributed by atoms with Crippen LogP contribution < -0.4 is 17.0 Å². The summed E-state index contributed by atoms with van der Waals surface area (Å²) in [5.41, 5.74) is -0.249. The van der Waals surface area contributed by atoms with Crippen LogP contribution in [0.25, 0.3) is 0 Å². The van der Waals surface area contributed by atoms with E-state index < -0.39 is 5.60 Å². The Bertz CT molecular complexity index is 660. The lowest BCUT2D eigenvalue weighted by Crippen LogP contribution is -3.00. The number of benzene rings is 1. The lowest BCUT2D eigenvalue weighted by atomic mass is 9.73. The maximum Gasteiger partial charge on any atom is 0.231 e. The summed E-state index contributed by atoms with van der Waals surface area (Å²) in [6, 6.07) is 9.89. The standard InChI is InChI=1S/C20H29N2O2.BrH/c1-22(2,3)15-18-14-21-19(24-18)20(23,16-10-6-4-7-11-16)17-12-8-5-9-13-17;/h4,6-7,10-11,14,17,23H,5,8-9,12-13,15H2,1-3H3;1H/q+1;/p-1/t20-;/m1./s1. The number of hydrogen-bond donors (Lipinski definition) is 1. The van der Waals surface area contributed by atoms with Crippen molar-refractivity contribution in [3.8, 4) is 0 Å². The van der Waals surface area contributed by atoms with E-state index in [0.717, 1.165) is 48.0 Å². The quantitative estimate of drug-likeness (QED) is 0.740. The van der Waals surface area contributed by atoms with Crippen molar-refractivity contribution in [2.24, 2.45) is 5.92 Å². The van der Waals surface area contributed by atoms with Crippen molar-refractivity contribution in [3.63, 3.8) is 0 Å². The van der Waals surface area contributed by atoms with Crippen LogP contribution in [0.2, 0.25) is 0 Å². The molecule has 0 radical (unpaired) electrons. The number of hydrogen-bond acceptors (Lipinski definition) is 3. The molecular weight excluding hydrogens is 380 g/mol. The Labute approximate surface area is 161 Å². The Kier molecular flexibility index (Phi) is 6.46. The molecule has 1 aliphatic rings. The molecule has 1 aromatic carbocycles. The van der Waals surface area contributed by atoms with Gasteiger partial charge in [-0.05, 0) is 18.4 Å². The number of halogens is 1. The first-order chi connectivity index (χ1) is 11.4. The van der Waals surface area contributed by atoms with Crippen molar-refractivity contribution in [1.82, 2.24) is 4.98 Å². The topological polar surface area (TPSA) is 46.3 Å². The van der Waals surface area contributed by atoms with Crippen LogP contribution in [0.15, 0.2) is 40.9 Å². The van der Waals surface area contributed by atoms with E-state index in [0.29, 0.717) is 5.89 Å². The van der Waals surface area contributed by atoms with Crippen LogP contribution in [-0.4, -0.2) is 35.7 Å². The molecule has 0 unspecified atom stereocenters. The smallest absolute Gasteiger partial charge is 0.231 e. The second-order valence-electron chi connectivity index (χ2n) is 8.05. The summed E-state index contributed by atoms with van der Waals surface area (Å²) in [4.78, 5) is 4.50. The zero-order chi connectivity index (χ0) is 17.2. The van der Waals surface area contributed by atoms with E-state index in [9.17, 15) is 5.11 Å². The van der Waals surface area contributed by atoms with Gasteiger partial charge in [0.15, 0.2) is 11.4 Å². The third kappa shape index (κ3) is 4.52. The fraction of sp³-hybridized carbons (Fsp3) is 0.550. The predicted octanol–water partition coefficient (Wildman–Crippen LogP) is 0.701. The number of rotatable bonds is 5. The molecule has 1 heterocycles. The zero-order valence-corrected chi connectivity index (χ0v) is 17.0. The Balaban J connectivity index is 0.00000225. The van der Waals surface area contributed by atoms with Gasteiger partial charge in [0, 0.05) is 5.92 Å². The third-order valence-corrected chi connectivity index (χ3v) is 4.92. The fourth-order valence-electron chi connectivity index (χ4n) is 3.77. The van der Waals surface area contributed by atoms with Gasteiger partial charge in [-0.3, -0.25) is 0 Å². The van der Waals surface area contributed by atoms with Gasteiger partial charge >= 0.3 is 0 Å². The van der Waals surface area contributed by atoms with E-state index in [1.807, 2.05) is 30.3 Å². The maximum atomic E-state index is 11.7. The molecule has 0 amide bonds. The Morgan fingerprint density at radius 1 is 1.12 bits per heavy atom. The molecule has 0 spiro atoms. The molecule has 1 saturated carbocycles. The molecule has 0 bridgehead atoms. The van der Waals surface area contributed by atoms with Crippen molar-refractivity contribution >= 4 is 0 Å². The highest BCUT2D eigenvalue weighted by Crippen LogP contribution is 2.43. The number of aromatic nitrogens is 1. The van der Waals surface area contributed by atoms with Crippen LogP contribution in [0.1, 0.15) is 49.3 Å². The monoisotopic (exact) mass is 408 g/mol. The van der Waals surface area contributed by atoms with Crippen LogP contribution >= 0.6 is 0 Å². The van der Waals surface area contributed by atoms with Crippen molar-refractivity contribution in [2.45, 2.75) is 44.2 Å². The maximum absolute atomic E-state index is 11.7. The average Bonchev–Trinajstić information content (AvgIpc) is 3.02. The van der Waals surface area contributed by atoms with E-state index in [2.05, 4.69) is 26.1 Å². The molecule has 0 aliphatic heterocycles. The summed E-state index contributed by atoms with van der Waals surface area (Å²) >= 11 is 0. The molecule has 1 aliphatic carbocycles. The summed E-state index contributed by atoms with van der Waals surface area (Å²) in [6.45, 7) is 0.753. The SMILES string of the molecule is C[N+](C)(C)Cc1cnc([C@@](O)(c2ccccc2)C2CCCCC2)o1.[Br-]. The molecule has 4 nitrogen and oxygen atoms in total. The molecule has 2 aromatic rings. The fourth-order valence-corrected chi connectivity index (χ4v) is 3.77. The van der Waals surface area contributed by atoms with E-state index >= 15 is 0 Å². The molecule has 3 rings (SSSR count). The van der Waals surface area contributed by atoms with E-state index in [4.69, 9.17) is 4.42 Å². The second-order valence-corrected chi connectivity index (χ2v) is 8.05. The minimum atomic E-state index is -1.13. The summed E-state index contributed by atoms with van der Waals surface area (Å²) in [5, 5.41) is 11.7. The van der Waals surface area contributed by atoms with Gasteiger partial charge in [0.25, 0.3) is 0 Å². The third-order valence-electron chi connectivity index (χ3n) is 4.92. The summed E-state index contributed by atoms with van der Waals surface area (Å²) in [7, 11) is 6.35. The lowest BCUT2D eigenvalue weighted by molar-refractivity contribution is -0.884. The lowest BCUT2D eigenvalue weighted by Gasteiger charge is -2.36. The Morgan fingerprint density at radius 2 is 1.76 bits per heavy atom. The summed E-state index contributed by atoms with van der Waals surface area (Å²) < 4.78 is 6.82. The minimum absolute atomic E-state index is 0. The van der Waals surface area contributed by atoms with E-state index in [1.54, 1.807) is 6.20 Å². The molecule has 1 N–H and O–H groups in total. The molecule has 5 heteroatoms. The first-order valence-corrected chi connectivity index (χ1v) is 8.93. The van der Waals surface area contributed by atoms with Crippen LogP contribution in [0, 0.1) is 5.92 Å². The first-order valence-electron chi connectivity index (χ1n) is 8.93. The van der Waals surface area contributed by atoms with Crippen LogP contribution in [0.4, 0.5) is 0 Å². The number of nitrogens with zero attached hydrogens (tertiary/aromatic N) is 2. The van der Waals surface area contributed by atoms with Gasteiger partial charge in [0.2, 0.25) is 5.89 Å². The van der Waals surface area contributed by atoms with Crippen LogP contribution in [0.5, 0.6) is 0 Å². The highest BCUT2D eigenvalue weighted by molar-refractivity contribution is 5.30. The predicted molar refractivity (Wildman–Crippen MR) is 94.3 cm³/mol. The normalized spacial score (nSPS) is 18.4. The van der Waals surface area contributed by atoms with Gasteiger partial charge < -0.3 is 31.0 Å². The molecule has 0 saturated heterocycles. The van der Waals surface area contributed by atoms with E-state index in [-0.39, 0.29) is 22.9 Å². The van der Waals surface area contributed by atoms with Gasteiger partial charge in [0.05, 0.1) is 27.3 Å². The molecule has 25 heavy (non-hydrogen) atoms. The Hall–Kier alpha value is -1.17. The second kappa shape index (κ2) is 8.02. The van der Waals surface area contributed by atoms with Crippen molar-refractivity contribution in [2.75, 3.05) is 21.1 Å². The molecular formula is C20H29BrN2O2. The van der Waals surface area contributed by atoms with Crippen molar-refractivity contribution in [1.29, 1.82) is 0 Å². The van der Waals surface area contributed by atoms with Crippen LogP contribution in [-0.2, 0) is 12.1 Å².